The molecule has 1 aliphatic carbocycles. The monoisotopic (exact) mass is 277 g/mol. The van der Waals surface area contributed by atoms with Gasteiger partial charge in [0.2, 0.25) is 0 Å². The van der Waals surface area contributed by atoms with Gasteiger partial charge in [0.25, 0.3) is 5.91 Å². The molecule has 0 radical (unpaired) electrons. The molecule has 1 aromatic rings. The Morgan fingerprint density at radius 2 is 2.20 bits per heavy atom. The standard InChI is InChI=1S/C15H19NO4/c1-20-9-10-4-2-5-11(8-10)14(17)16-13-7-3-6-12(13)15(18)19/h2,4-5,8,12-13H,3,6-7,9H2,1H3,(H,16,17)(H,18,19)/t12-,13+/m0/s1. The Bertz CT molecular complexity index is 500. The molecule has 0 spiro atoms. The third-order valence-corrected chi connectivity index (χ3v) is 3.65. The van der Waals surface area contributed by atoms with Crippen LogP contribution in [0.1, 0.15) is 35.2 Å². The Morgan fingerprint density at radius 1 is 1.40 bits per heavy atom. The molecule has 0 bridgehead atoms. The topological polar surface area (TPSA) is 75.6 Å². The summed E-state index contributed by atoms with van der Waals surface area (Å²) in [5.74, 6) is -1.52. The number of nitrogens with one attached hydrogen (secondary N) is 1. The van der Waals surface area contributed by atoms with E-state index in [1.165, 1.54) is 0 Å². The average molecular weight is 277 g/mol. The van der Waals surface area contributed by atoms with Crippen LogP contribution in [0.3, 0.4) is 0 Å². The van der Waals surface area contributed by atoms with Crippen LogP contribution in [-0.2, 0) is 16.1 Å². The van der Waals surface area contributed by atoms with E-state index in [0.717, 1.165) is 18.4 Å². The van der Waals surface area contributed by atoms with Gasteiger partial charge in [0.15, 0.2) is 0 Å². The van der Waals surface area contributed by atoms with Crippen LogP contribution in [0.15, 0.2) is 24.3 Å². The van der Waals surface area contributed by atoms with Gasteiger partial charge in [0.1, 0.15) is 0 Å². The van der Waals surface area contributed by atoms with E-state index in [4.69, 9.17) is 9.84 Å². The molecule has 0 aliphatic heterocycles. The molecule has 1 fully saturated rings. The molecule has 2 rings (SSSR count). The van der Waals surface area contributed by atoms with E-state index in [1.54, 1.807) is 25.3 Å². The second kappa shape index (κ2) is 6.52. The molecule has 2 atom stereocenters. The average Bonchev–Trinajstić information content (AvgIpc) is 2.88. The Hall–Kier alpha value is -1.88. The molecular formula is C15H19NO4. The normalized spacial score (nSPS) is 21.6. The van der Waals surface area contributed by atoms with Gasteiger partial charge in [0.05, 0.1) is 12.5 Å². The molecule has 20 heavy (non-hydrogen) atoms. The van der Waals surface area contributed by atoms with Crippen molar-refractivity contribution in [3.8, 4) is 0 Å². The molecule has 1 amide bonds. The highest BCUT2D eigenvalue weighted by Crippen LogP contribution is 2.26. The van der Waals surface area contributed by atoms with E-state index in [0.29, 0.717) is 18.6 Å². The third kappa shape index (κ3) is 3.36. The van der Waals surface area contributed by atoms with Gasteiger partial charge in [-0.05, 0) is 30.5 Å². The molecule has 0 saturated heterocycles. The second-order valence-electron chi connectivity index (χ2n) is 5.09. The Morgan fingerprint density at radius 3 is 2.90 bits per heavy atom. The number of carboxylic acid groups (broad SMARTS) is 1. The summed E-state index contributed by atoms with van der Waals surface area (Å²) in [6.45, 7) is 0.447. The highest BCUT2D eigenvalue weighted by molar-refractivity contribution is 5.94. The second-order valence-corrected chi connectivity index (χ2v) is 5.09. The molecule has 5 heteroatoms. The number of amides is 1. The summed E-state index contributed by atoms with van der Waals surface area (Å²) in [6, 6.07) is 6.90. The lowest BCUT2D eigenvalue weighted by Gasteiger charge is -2.17. The Kier molecular flexibility index (Phi) is 4.74. The molecule has 108 valence electrons. The van der Waals surface area contributed by atoms with Crippen LogP contribution in [0.4, 0.5) is 0 Å². The molecule has 0 heterocycles. The lowest BCUT2D eigenvalue weighted by atomic mass is 10.0. The fourth-order valence-corrected chi connectivity index (χ4v) is 2.65. The van der Waals surface area contributed by atoms with Crippen molar-refractivity contribution in [3.63, 3.8) is 0 Å². The minimum absolute atomic E-state index is 0.221. The molecule has 0 aromatic heterocycles. The molecular weight excluding hydrogens is 258 g/mol. The molecule has 0 unspecified atom stereocenters. The first-order valence-electron chi connectivity index (χ1n) is 6.73. The number of carboxylic acids is 1. The summed E-state index contributed by atoms with van der Waals surface area (Å²) in [6.07, 6.45) is 2.19. The van der Waals surface area contributed by atoms with Gasteiger partial charge >= 0.3 is 5.97 Å². The van der Waals surface area contributed by atoms with Crippen molar-refractivity contribution in [2.24, 2.45) is 5.92 Å². The van der Waals surface area contributed by atoms with Crippen molar-refractivity contribution in [2.75, 3.05) is 7.11 Å². The molecule has 2 N–H and O–H groups in total. The third-order valence-electron chi connectivity index (χ3n) is 3.65. The maximum Gasteiger partial charge on any atom is 0.308 e. The zero-order valence-electron chi connectivity index (χ0n) is 11.5. The van der Waals surface area contributed by atoms with Gasteiger partial charge in [-0.25, -0.2) is 0 Å². The van der Waals surface area contributed by atoms with Crippen LogP contribution in [0.25, 0.3) is 0 Å². The number of hydrogen-bond acceptors (Lipinski definition) is 3. The quantitative estimate of drug-likeness (QED) is 0.860. The summed E-state index contributed by atoms with van der Waals surface area (Å²) in [5, 5.41) is 11.9. The van der Waals surface area contributed by atoms with E-state index in [2.05, 4.69) is 5.32 Å². The van der Waals surface area contributed by atoms with Gasteiger partial charge in [-0.1, -0.05) is 18.6 Å². The van der Waals surface area contributed by atoms with E-state index < -0.39 is 11.9 Å². The van der Waals surface area contributed by atoms with Crippen LogP contribution in [0.5, 0.6) is 0 Å². The largest absolute Gasteiger partial charge is 0.481 e. The number of carbonyl (C=O) groups excluding carboxylic acids is 1. The highest BCUT2D eigenvalue weighted by atomic mass is 16.5. The fraction of sp³-hybridized carbons (Fsp3) is 0.467. The summed E-state index contributed by atoms with van der Waals surface area (Å²) in [5.41, 5.74) is 1.46. The molecule has 1 aromatic carbocycles. The van der Waals surface area contributed by atoms with E-state index in [9.17, 15) is 9.59 Å². The smallest absolute Gasteiger partial charge is 0.308 e. The Labute approximate surface area is 117 Å². The number of aliphatic carboxylic acids is 1. The van der Waals surface area contributed by atoms with E-state index >= 15 is 0 Å². The van der Waals surface area contributed by atoms with Crippen molar-refractivity contribution in [1.82, 2.24) is 5.32 Å². The van der Waals surface area contributed by atoms with Crippen LogP contribution >= 0.6 is 0 Å². The predicted molar refractivity (Wildman–Crippen MR) is 73.4 cm³/mol. The van der Waals surface area contributed by atoms with Crippen molar-refractivity contribution >= 4 is 11.9 Å². The van der Waals surface area contributed by atoms with Crippen molar-refractivity contribution in [3.05, 3.63) is 35.4 Å². The minimum atomic E-state index is -0.832. The zero-order valence-corrected chi connectivity index (χ0v) is 11.5. The van der Waals surface area contributed by atoms with E-state index in [1.807, 2.05) is 6.07 Å². The number of hydrogen-bond donors (Lipinski definition) is 2. The molecule has 1 aliphatic rings. The van der Waals surface area contributed by atoms with Crippen LogP contribution in [0, 0.1) is 5.92 Å². The Balaban J connectivity index is 2.04. The van der Waals surface area contributed by atoms with Gasteiger partial charge in [-0.2, -0.15) is 0 Å². The predicted octanol–water partition coefficient (Wildman–Crippen LogP) is 1.82. The maximum atomic E-state index is 12.2. The van der Waals surface area contributed by atoms with Crippen molar-refractivity contribution in [1.29, 1.82) is 0 Å². The number of rotatable bonds is 5. The summed E-state index contributed by atoms with van der Waals surface area (Å²) >= 11 is 0. The van der Waals surface area contributed by atoms with Crippen LogP contribution in [0.2, 0.25) is 0 Å². The molecule has 5 nitrogen and oxygen atoms in total. The summed E-state index contributed by atoms with van der Waals surface area (Å²) in [4.78, 5) is 23.3. The first kappa shape index (κ1) is 14.5. The maximum absolute atomic E-state index is 12.2. The number of carbonyl (C=O) groups is 2. The minimum Gasteiger partial charge on any atom is -0.481 e. The fourth-order valence-electron chi connectivity index (χ4n) is 2.65. The zero-order chi connectivity index (χ0) is 14.5. The van der Waals surface area contributed by atoms with Crippen LogP contribution < -0.4 is 5.32 Å². The number of methoxy groups -OCH3 is 1. The lowest BCUT2D eigenvalue weighted by molar-refractivity contribution is -0.142. The van der Waals surface area contributed by atoms with Gasteiger partial charge in [-0.3, -0.25) is 9.59 Å². The number of benzene rings is 1. The first-order valence-corrected chi connectivity index (χ1v) is 6.73. The number of ether oxygens (including phenoxy) is 1. The van der Waals surface area contributed by atoms with Gasteiger partial charge in [-0.15, -0.1) is 0 Å². The van der Waals surface area contributed by atoms with Gasteiger partial charge in [0, 0.05) is 18.7 Å². The first-order chi connectivity index (χ1) is 9.61. The summed E-state index contributed by atoms with van der Waals surface area (Å²) in [7, 11) is 1.60. The lowest BCUT2D eigenvalue weighted by Crippen LogP contribution is -2.40. The van der Waals surface area contributed by atoms with Crippen molar-refractivity contribution < 1.29 is 19.4 Å². The van der Waals surface area contributed by atoms with Crippen molar-refractivity contribution in [2.45, 2.75) is 31.9 Å². The summed E-state index contributed by atoms with van der Waals surface area (Å²) < 4.78 is 5.04. The molecule has 1 saturated carbocycles. The SMILES string of the molecule is COCc1cccc(C(=O)N[C@@H]2CCC[C@@H]2C(=O)O)c1. The van der Waals surface area contributed by atoms with Gasteiger partial charge < -0.3 is 15.2 Å². The highest BCUT2D eigenvalue weighted by Gasteiger charge is 2.33. The van der Waals surface area contributed by atoms with Crippen LogP contribution in [-0.4, -0.2) is 30.1 Å². The van der Waals surface area contributed by atoms with E-state index in [-0.39, 0.29) is 11.9 Å².